The highest BCUT2D eigenvalue weighted by Crippen LogP contribution is 2.24. The maximum atomic E-state index is 13.1. The summed E-state index contributed by atoms with van der Waals surface area (Å²) in [6.45, 7) is 1.71. The number of nitrogens with zero attached hydrogens (tertiary/aromatic N) is 2. The van der Waals surface area contributed by atoms with Gasteiger partial charge in [-0.2, -0.15) is 0 Å². The quantitative estimate of drug-likeness (QED) is 0.481. The van der Waals surface area contributed by atoms with E-state index in [4.69, 9.17) is 5.73 Å². The molecular formula is C23H23FN4O4. The van der Waals surface area contributed by atoms with Gasteiger partial charge in [-0.1, -0.05) is 43.3 Å². The van der Waals surface area contributed by atoms with Crippen molar-refractivity contribution >= 4 is 23.2 Å². The molecule has 0 aliphatic heterocycles. The van der Waals surface area contributed by atoms with Gasteiger partial charge in [0.15, 0.2) is 5.83 Å². The van der Waals surface area contributed by atoms with Gasteiger partial charge in [0.2, 0.25) is 11.7 Å². The molecule has 0 saturated heterocycles. The second kappa shape index (κ2) is 9.95. The van der Waals surface area contributed by atoms with Crippen molar-refractivity contribution in [2.45, 2.75) is 32.2 Å². The number of amides is 1. The van der Waals surface area contributed by atoms with Crippen LogP contribution in [-0.4, -0.2) is 33.6 Å². The van der Waals surface area contributed by atoms with Gasteiger partial charge in [0.25, 0.3) is 11.3 Å². The zero-order valence-corrected chi connectivity index (χ0v) is 17.5. The molecule has 32 heavy (non-hydrogen) atoms. The molecule has 0 saturated carbocycles. The Balaban J connectivity index is 1.72. The molecule has 1 aromatic heterocycles. The Morgan fingerprint density at radius 2 is 1.88 bits per heavy atom. The molecule has 0 bridgehead atoms. The summed E-state index contributed by atoms with van der Waals surface area (Å²) in [7, 11) is 0. The van der Waals surface area contributed by atoms with Gasteiger partial charge in [-0.25, -0.2) is 9.37 Å². The van der Waals surface area contributed by atoms with Crippen LogP contribution in [0.15, 0.2) is 64.9 Å². The number of carbonyl (C=O) groups excluding carboxylic acids is 3. The second-order valence-corrected chi connectivity index (χ2v) is 7.32. The van der Waals surface area contributed by atoms with Gasteiger partial charge in [0.05, 0.1) is 6.20 Å². The number of nitrogens with one attached hydrogen (secondary N) is 1. The first-order valence-corrected chi connectivity index (χ1v) is 10.2. The lowest BCUT2D eigenvalue weighted by molar-refractivity contribution is -0.133. The number of ketones is 2. The van der Waals surface area contributed by atoms with Gasteiger partial charge in [-0.3, -0.25) is 23.7 Å². The van der Waals surface area contributed by atoms with Gasteiger partial charge >= 0.3 is 0 Å². The Labute approximate surface area is 183 Å². The van der Waals surface area contributed by atoms with Gasteiger partial charge in [-0.15, -0.1) is 0 Å². The molecule has 3 rings (SSSR count). The van der Waals surface area contributed by atoms with Gasteiger partial charge < -0.3 is 11.1 Å². The van der Waals surface area contributed by atoms with Crippen molar-refractivity contribution in [2.24, 2.45) is 0 Å². The standard InChI is InChI=1S/C23H23FN4O4/c1-2-16(9-11-19(29)26-12-15-8-10-17(24)21(31)20(15)30)28-22(14-6-4-3-5-7-14)27-13-18(25)23(28)32/h3-8,10,13,16H,2,9,11-12,25H2,1H3,(H,26,29). The van der Waals surface area contributed by atoms with Crippen molar-refractivity contribution < 1.29 is 18.8 Å². The molecule has 1 amide bonds. The minimum absolute atomic E-state index is 0.0133. The summed E-state index contributed by atoms with van der Waals surface area (Å²) in [6, 6.07) is 8.86. The fraction of sp³-hybridized carbons (Fsp3) is 0.261. The van der Waals surface area contributed by atoms with Crippen molar-refractivity contribution in [3.05, 3.63) is 70.4 Å². The Morgan fingerprint density at radius 1 is 1.16 bits per heavy atom. The van der Waals surface area contributed by atoms with E-state index in [-0.39, 0.29) is 41.7 Å². The van der Waals surface area contributed by atoms with E-state index in [1.54, 1.807) is 0 Å². The minimum Gasteiger partial charge on any atom is -0.393 e. The highest BCUT2D eigenvalue weighted by Gasteiger charge is 2.26. The van der Waals surface area contributed by atoms with Crippen molar-refractivity contribution in [1.29, 1.82) is 0 Å². The third-order valence-corrected chi connectivity index (χ3v) is 5.21. The SMILES string of the molecule is CCC(CCC(=O)NCC1=CC=C(F)C(=O)C1=O)n1c(-c2ccccc2)ncc(N)c1=O. The number of carbonyl (C=O) groups is 3. The van der Waals surface area contributed by atoms with Crippen LogP contribution in [0.5, 0.6) is 0 Å². The Morgan fingerprint density at radius 3 is 2.56 bits per heavy atom. The average molecular weight is 438 g/mol. The van der Waals surface area contributed by atoms with Crippen LogP contribution in [0, 0.1) is 0 Å². The van der Waals surface area contributed by atoms with Crippen molar-refractivity contribution in [3.63, 3.8) is 0 Å². The van der Waals surface area contributed by atoms with Crippen molar-refractivity contribution in [1.82, 2.24) is 14.9 Å². The number of hydrogen-bond acceptors (Lipinski definition) is 6. The van der Waals surface area contributed by atoms with E-state index in [0.717, 1.165) is 11.6 Å². The molecule has 0 radical (unpaired) electrons. The number of nitrogens with two attached hydrogens (primary N) is 1. The third kappa shape index (κ3) is 4.88. The Hall–Kier alpha value is -3.88. The van der Waals surface area contributed by atoms with Crippen LogP contribution < -0.4 is 16.6 Å². The minimum atomic E-state index is -1.22. The molecule has 1 unspecified atom stereocenters. The van der Waals surface area contributed by atoms with Crippen LogP contribution in [0.1, 0.15) is 32.2 Å². The molecule has 8 nitrogen and oxygen atoms in total. The molecule has 1 atom stereocenters. The van der Waals surface area contributed by atoms with Gasteiger partial charge in [0, 0.05) is 30.1 Å². The van der Waals surface area contributed by atoms with Crippen LogP contribution in [0.4, 0.5) is 10.1 Å². The van der Waals surface area contributed by atoms with E-state index in [1.165, 1.54) is 16.8 Å². The van der Waals surface area contributed by atoms with Crippen LogP contribution in [0.3, 0.4) is 0 Å². The smallest absolute Gasteiger partial charge is 0.277 e. The summed E-state index contributed by atoms with van der Waals surface area (Å²) < 4.78 is 14.7. The fourth-order valence-electron chi connectivity index (χ4n) is 3.44. The van der Waals surface area contributed by atoms with Crippen LogP contribution in [0.25, 0.3) is 11.4 Å². The number of benzene rings is 1. The van der Waals surface area contributed by atoms with E-state index in [0.29, 0.717) is 18.7 Å². The first kappa shape index (κ1) is 22.8. The number of hydrogen-bond donors (Lipinski definition) is 2. The average Bonchev–Trinajstić information content (AvgIpc) is 2.80. The van der Waals surface area contributed by atoms with E-state index in [1.807, 2.05) is 37.3 Å². The summed E-state index contributed by atoms with van der Waals surface area (Å²) in [5.41, 5.74) is 6.21. The topological polar surface area (TPSA) is 124 Å². The van der Waals surface area contributed by atoms with Gasteiger partial charge in [0.1, 0.15) is 11.5 Å². The molecule has 1 aliphatic rings. The normalized spacial score (nSPS) is 14.6. The lowest BCUT2D eigenvalue weighted by Crippen LogP contribution is -2.33. The molecule has 2 aromatic rings. The maximum absolute atomic E-state index is 13.1. The Kier molecular flexibility index (Phi) is 7.09. The molecule has 1 aliphatic carbocycles. The van der Waals surface area contributed by atoms with Crippen molar-refractivity contribution in [3.8, 4) is 11.4 Å². The summed E-state index contributed by atoms with van der Waals surface area (Å²) in [5.74, 6) is -3.22. The first-order valence-electron chi connectivity index (χ1n) is 10.2. The van der Waals surface area contributed by atoms with Crippen LogP contribution in [0.2, 0.25) is 0 Å². The van der Waals surface area contributed by atoms with E-state index >= 15 is 0 Å². The first-order chi connectivity index (χ1) is 15.3. The summed E-state index contributed by atoms with van der Waals surface area (Å²) in [6.07, 6.45) is 4.36. The molecule has 3 N–H and O–H groups in total. The highest BCUT2D eigenvalue weighted by atomic mass is 19.1. The summed E-state index contributed by atoms with van der Waals surface area (Å²) in [5, 5.41) is 2.56. The summed E-state index contributed by atoms with van der Waals surface area (Å²) in [4.78, 5) is 52.7. The van der Waals surface area contributed by atoms with E-state index in [2.05, 4.69) is 10.3 Å². The third-order valence-electron chi connectivity index (χ3n) is 5.21. The largest absolute Gasteiger partial charge is 0.393 e. The highest BCUT2D eigenvalue weighted by molar-refractivity contribution is 6.49. The molecule has 1 aromatic carbocycles. The van der Waals surface area contributed by atoms with Crippen LogP contribution in [-0.2, 0) is 14.4 Å². The number of halogens is 1. The molecule has 9 heteroatoms. The van der Waals surface area contributed by atoms with Gasteiger partial charge in [-0.05, 0) is 18.9 Å². The van der Waals surface area contributed by atoms with E-state index in [9.17, 15) is 23.6 Å². The molecular weight excluding hydrogens is 415 g/mol. The second-order valence-electron chi connectivity index (χ2n) is 7.32. The fourth-order valence-corrected chi connectivity index (χ4v) is 3.44. The number of Topliss-reactive ketones (excluding diaryl/α,β-unsaturated/α-hetero) is 2. The number of rotatable bonds is 8. The molecule has 0 fully saturated rings. The molecule has 1 heterocycles. The number of allylic oxidation sites excluding steroid dienone is 3. The van der Waals surface area contributed by atoms with E-state index < -0.39 is 17.4 Å². The zero-order valence-electron chi connectivity index (χ0n) is 17.5. The summed E-state index contributed by atoms with van der Waals surface area (Å²) >= 11 is 0. The lowest BCUT2D eigenvalue weighted by Gasteiger charge is -2.22. The number of nitrogen functional groups attached to an aromatic ring is 1. The molecule has 0 spiro atoms. The van der Waals surface area contributed by atoms with Crippen LogP contribution >= 0.6 is 0 Å². The number of aromatic nitrogens is 2. The maximum Gasteiger partial charge on any atom is 0.277 e. The predicted molar refractivity (Wildman–Crippen MR) is 117 cm³/mol. The molecule has 166 valence electrons. The monoisotopic (exact) mass is 438 g/mol. The number of anilines is 1. The lowest BCUT2D eigenvalue weighted by atomic mass is 10.0. The predicted octanol–water partition coefficient (Wildman–Crippen LogP) is 2.27. The Bertz CT molecular complexity index is 1170. The zero-order chi connectivity index (χ0) is 23.3. The van der Waals surface area contributed by atoms with Crippen molar-refractivity contribution in [2.75, 3.05) is 12.3 Å².